The van der Waals surface area contributed by atoms with Gasteiger partial charge in [0.05, 0.1) is 6.04 Å². The van der Waals surface area contributed by atoms with Gasteiger partial charge in [0.1, 0.15) is 0 Å². The Kier molecular flexibility index (Phi) is 3.54. The molecule has 0 aromatic heterocycles. The van der Waals surface area contributed by atoms with Crippen LogP contribution in [-0.4, -0.2) is 0 Å². The van der Waals surface area contributed by atoms with E-state index in [2.05, 4.69) is 15.9 Å². The van der Waals surface area contributed by atoms with E-state index in [1.807, 2.05) is 12.1 Å². The third kappa shape index (κ3) is 2.53. The van der Waals surface area contributed by atoms with Crippen molar-refractivity contribution in [3.8, 4) is 0 Å². The summed E-state index contributed by atoms with van der Waals surface area (Å²) < 4.78 is 27.5. The zero-order chi connectivity index (χ0) is 12.4. The Bertz CT molecular complexity index is 525. The summed E-state index contributed by atoms with van der Waals surface area (Å²) in [5.41, 5.74) is 6.81. The Morgan fingerprint density at radius 1 is 1.00 bits per heavy atom. The molecule has 0 amide bonds. The highest BCUT2D eigenvalue weighted by molar-refractivity contribution is 9.10. The Balaban J connectivity index is 2.40. The molecule has 4 heteroatoms. The standard InChI is InChI=1S/C13H10BrF2N/c14-9-6-4-8(5-7-9)13(17)10-2-1-3-11(15)12(10)16/h1-7,13H,17H2. The van der Waals surface area contributed by atoms with Crippen molar-refractivity contribution < 1.29 is 8.78 Å². The number of hydrogen-bond donors (Lipinski definition) is 1. The molecule has 0 fully saturated rings. The van der Waals surface area contributed by atoms with Gasteiger partial charge in [0, 0.05) is 10.0 Å². The molecule has 0 heterocycles. The van der Waals surface area contributed by atoms with Crippen LogP contribution >= 0.6 is 15.9 Å². The molecule has 0 saturated heterocycles. The molecule has 2 rings (SSSR count). The molecule has 0 aliphatic carbocycles. The number of benzene rings is 2. The van der Waals surface area contributed by atoms with Gasteiger partial charge in [0.2, 0.25) is 0 Å². The molecule has 2 N–H and O–H groups in total. The predicted octanol–water partition coefficient (Wildman–Crippen LogP) is 3.78. The van der Waals surface area contributed by atoms with Crippen molar-refractivity contribution in [1.82, 2.24) is 0 Å². The summed E-state index contributed by atoms with van der Waals surface area (Å²) in [7, 11) is 0. The van der Waals surface area contributed by atoms with Gasteiger partial charge >= 0.3 is 0 Å². The summed E-state index contributed by atoms with van der Waals surface area (Å²) in [5, 5.41) is 0. The molecule has 0 spiro atoms. The fourth-order valence-electron chi connectivity index (χ4n) is 1.61. The molecule has 0 aliphatic rings. The molecule has 0 radical (unpaired) electrons. The van der Waals surface area contributed by atoms with E-state index < -0.39 is 17.7 Å². The molecule has 88 valence electrons. The fraction of sp³-hybridized carbons (Fsp3) is 0.0769. The Morgan fingerprint density at radius 2 is 1.65 bits per heavy atom. The van der Waals surface area contributed by atoms with Crippen molar-refractivity contribution in [2.75, 3.05) is 0 Å². The lowest BCUT2D eigenvalue weighted by Crippen LogP contribution is -2.14. The maximum atomic E-state index is 13.6. The quantitative estimate of drug-likeness (QED) is 0.897. The van der Waals surface area contributed by atoms with Crippen LogP contribution < -0.4 is 5.73 Å². The molecular formula is C13H10BrF2N. The van der Waals surface area contributed by atoms with Crippen LogP contribution in [0.5, 0.6) is 0 Å². The van der Waals surface area contributed by atoms with E-state index >= 15 is 0 Å². The first-order valence-electron chi connectivity index (χ1n) is 5.04. The normalized spacial score (nSPS) is 12.5. The lowest BCUT2D eigenvalue weighted by molar-refractivity contribution is 0.494. The van der Waals surface area contributed by atoms with Crippen molar-refractivity contribution in [2.45, 2.75) is 6.04 Å². The molecule has 0 bridgehead atoms. The number of halogens is 3. The minimum absolute atomic E-state index is 0.160. The van der Waals surface area contributed by atoms with Gasteiger partial charge in [-0.1, -0.05) is 40.2 Å². The minimum atomic E-state index is -0.886. The first-order chi connectivity index (χ1) is 8.09. The second kappa shape index (κ2) is 4.94. The Labute approximate surface area is 106 Å². The van der Waals surface area contributed by atoms with Crippen molar-refractivity contribution in [3.05, 3.63) is 69.7 Å². The number of rotatable bonds is 2. The van der Waals surface area contributed by atoms with E-state index in [4.69, 9.17) is 5.73 Å². The predicted molar refractivity (Wildman–Crippen MR) is 66.5 cm³/mol. The summed E-state index contributed by atoms with van der Waals surface area (Å²) in [4.78, 5) is 0. The van der Waals surface area contributed by atoms with Gasteiger partial charge in [-0.15, -0.1) is 0 Å². The molecule has 17 heavy (non-hydrogen) atoms. The zero-order valence-corrected chi connectivity index (χ0v) is 10.4. The van der Waals surface area contributed by atoms with Gasteiger partial charge in [-0.3, -0.25) is 0 Å². The highest BCUT2D eigenvalue weighted by atomic mass is 79.9. The zero-order valence-electron chi connectivity index (χ0n) is 8.83. The van der Waals surface area contributed by atoms with Gasteiger partial charge in [-0.25, -0.2) is 8.78 Å². The van der Waals surface area contributed by atoms with Crippen LogP contribution in [0, 0.1) is 11.6 Å². The van der Waals surface area contributed by atoms with E-state index in [1.54, 1.807) is 12.1 Å². The topological polar surface area (TPSA) is 26.0 Å². The summed E-state index contributed by atoms with van der Waals surface area (Å²) in [6.07, 6.45) is 0. The van der Waals surface area contributed by atoms with Crippen LogP contribution in [-0.2, 0) is 0 Å². The van der Waals surface area contributed by atoms with E-state index in [1.165, 1.54) is 12.1 Å². The summed E-state index contributed by atoms with van der Waals surface area (Å²) >= 11 is 3.30. The van der Waals surface area contributed by atoms with Crippen molar-refractivity contribution >= 4 is 15.9 Å². The van der Waals surface area contributed by atoms with Crippen molar-refractivity contribution in [3.63, 3.8) is 0 Å². The summed E-state index contributed by atoms with van der Waals surface area (Å²) in [5.74, 6) is -1.77. The molecule has 1 nitrogen and oxygen atoms in total. The molecule has 2 aromatic rings. The SMILES string of the molecule is NC(c1ccc(Br)cc1)c1cccc(F)c1F. The third-order valence-corrected chi connectivity index (χ3v) is 3.07. The van der Waals surface area contributed by atoms with Gasteiger partial charge in [-0.2, -0.15) is 0 Å². The van der Waals surface area contributed by atoms with E-state index in [0.717, 1.165) is 16.1 Å². The Morgan fingerprint density at radius 3 is 2.29 bits per heavy atom. The number of hydrogen-bond acceptors (Lipinski definition) is 1. The average Bonchev–Trinajstić information content (AvgIpc) is 2.33. The van der Waals surface area contributed by atoms with Gasteiger partial charge in [0.15, 0.2) is 11.6 Å². The van der Waals surface area contributed by atoms with Crippen molar-refractivity contribution in [2.24, 2.45) is 5.73 Å². The van der Waals surface area contributed by atoms with Crippen LogP contribution in [0.4, 0.5) is 8.78 Å². The van der Waals surface area contributed by atoms with Crippen LogP contribution in [0.2, 0.25) is 0 Å². The molecule has 1 atom stereocenters. The van der Waals surface area contributed by atoms with Gasteiger partial charge in [0.25, 0.3) is 0 Å². The first-order valence-corrected chi connectivity index (χ1v) is 5.84. The smallest absolute Gasteiger partial charge is 0.163 e. The molecule has 2 aromatic carbocycles. The van der Waals surface area contributed by atoms with Crippen LogP contribution in [0.25, 0.3) is 0 Å². The van der Waals surface area contributed by atoms with Gasteiger partial charge < -0.3 is 5.73 Å². The van der Waals surface area contributed by atoms with Crippen LogP contribution in [0.1, 0.15) is 17.2 Å². The fourth-order valence-corrected chi connectivity index (χ4v) is 1.87. The molecule has 1 unspecified atom stereocenters. The number of nitrogens with two attached hydrogens (primary N) is 1. The monoisotopic (exact) mass is 297 g/mol. The maximum Gasteiger partial charge on any atom is 0.163 e. The van der Waals surface area contributed by atoms with Gasteiger partial charge in [-0.05, 0) is 23.8 Å². The highest BCUT2D eigenvalue weighted by Crippen LogP contribution is 2.24. The largest absolute Gasteiger partial charge is 0.320 e. The lowest BCUT2D eigenvalue weighted by Gasteiger charge is -2.13. The van der Waals surface area contributed by atoms with E-state index in [-0.39, 0.29) is 5.56 Å². The second-order valence-corrected chi connectivity index (χ2v) is 4.59. The van der Waals surface area contributed by atoms with E-state index in [0.29, 0.717) is 0 Å². The van der Waals surface area contributed by atoms with Crippen molar-refractivity contribution in [1.29, 1.82) is 0 Å². The Hall–Kier alpha value is -1.26. The maximum absolute atomic E-state index is 13.6. The summed E-state index contributed by atoms with van der Waals surface area (Å²) in [6.45, 7) is 0. The lowest BCUT2D eigenvalue weighted by atomic mass is 9.99. The first kappa shape index (κ1) is 12.2. The van der Waals surface area contributed by atoms with Crippen LogP contribution in [0.3, 0.4) is 0 Å². The third-order valence-electron chi connectivity index (χ3n) is 2.55. The highest BCUT2D eigenvalue weighted by Gasteiger charge is 2.15. The summed E-state index contributed by atoms with van der Waals surface area (Å²) in [6, 6.07) is 10.5. The average molecular weight is 298 g/mol. The minimum Gasteiger partial charge on any atom is -0.320 e. The molecule has 0 aliphatic heterocycles. The van der Waals surface area contributed by atoms with E-state index in [9.17, 15) is 8.78 Å². The molecule has 0 saturated carbocycles. The molecular weight excluding hydrogens is 288 g/mol. The second-order valence-electron chi connectivity index (χ2n) is 3.67. The van der Waals surface area contributed by atoms with Crippen LogP contribution in [0.15, 0.2) is 46.9 Å².